The van der Waals surface area contributed by atoms with Crippen LogP contribution in [0.4, 0.5) is 0 Å². The molecule has 0 aromatic heterocycles. The Morgan fingerprint density at radius 2 is 1.88 bits per heavy atom. The van der Waals surface area contributed by atoms with Gasteiger partial charge >= 0.3 is 0 Å². The molecule has 0 spiro atoms. The third kappa shape index (κ3) is 5.33. The summed E-state index contributed by atoms with van der Waals surface area (Å²) >= 11 is 0. The van der Waals surface area contributed by atoms with Gasteiger partial charge in [0.2, 0.25) is 0 Å². The normalized spacial score (nSPS) is 15.6. The van der Waals surface area contributed by atoms with Gasteiger partial charge in [0, 0.05) is 31.2 Å². The molecule has 1 aliphatic rings. The van der Waals surface area contributed by atoms with Gasteiger partial charge in [0.05, 0.1) is 6.61 Å². The molecule has 0 unspecified atom stereocenters. The van der Waals surface area contributed by atoms with E-state index < -0.39 is 0 Å². The second-order valence-corrected chi connectivity index (χ2v) is 6.89. The first-order valence-electron chi connectivity index (χ1n) is 9.54. The fourth-order valence-electron chi connectivity index (χ4n) is 3.29. The van der Waals surface area contributed by atoms with E-state index in [2.05, 4.69) is 41.4 Å². The molecule has 0 atom stereocenters. The van der Waals surface area contributed by atoms with Crippen LogP contribution in [0.1, 0.15) is 42.1 Å². The Balaban J connectivity index is 1.47. The SMILES string of the molecule is CCCOc1cccc(C(=O)NC2CCN(Cc3ccccc3)CC2)c1. The van der Waals surface area contributed by atoms with Gasteiger partial charge in [-0.2, -0.15) is 0 Å². The molecule has 4 heteroatoms. The number of nitrogens with zero attached hydrogens (tertiary/aromatic N) is 1. The number of hydrogen-bond acceptors (Lipinski definition) is 3. The number of benzene rings is 2. The predicted molar refractivity (Wildman–Crippen MR) is 104 cm³/mol. The highest BCUT2D eigenvalue weighted by Crippen LogP contribution is 2.16. The number of ether oxygens (including phenoxy) is 1. The Hall–Kier alpha value is -2.33. The summed E-state index contributed by atoms with van der Waals surface area (Å²) in [6.45, 7) is 5.75. The van der Waals surface area contributed by atoms with Crippen LogP contribution in [0.2, 0.25) is 0 Å². The fraction of sp³-hybridized carbons (Fsp3) is 0.409. The molecule has 1 fully saturated rings. The van der Waals surface area contributed by atoms with Gasteiger partial charge in [-0.15, -0.1) is 0 Å². The van der Waals surface area contributed by atoms with Crippen molar-refractivity contribution in [2.45, 2.75) is 38.8 Å². The Labute approximate surface area is 156 Å². The van der Waals surface area contributed by atoms with E-state index in [1.807, 2.05) is 30.3 Å². The van der Waals surface area contributed by atoms with Gasteiger partial charge in [0.15, 0.2) is 0 Å². The van der Waals surface area contributed by atoms with Crippen LogP contribution in [0.5, 0.6) is 5.75 Å². The summed E-state index contributed by atoms with van der Waals surface area (Å²) in [5.41, 5.74) is 2.02. The average molecular weight is 352 g/mol. The monoisotopic (exact) mass is 352 g/mol. The quantitative estimate of drug-likeness (QED) is 0.822. The first-order chi connectivity index (χ1) is 12.7. The van der Waals surface area contributed by atoms with Gasteiger partial charge in [-0.3, -0.25) is 9.69 Å². The van der Waals surface area contributed by atoms with E-state index in [4.69, 9.17) is 4.74 Å². The lowest BCUT2D eigenvalue weighted by molar-refractivity contribution is 0.0908. The number of piperidine rings is 1. The maximum absolute atomic E-state index is 12.5. The van der Waals surface area contributed by atoms with Crippen molar-refractivity contribution < 1.29 is 9.53 Å². The molecular weight excluding hydrogens is 324 g/mol. The lowest BCUT2D eigenvalue weighted by Gasteiger charge is -2.32. The Morgan fingerprint density at radius 1 is 1.12 bits per heavy atom. The summed E-state index contributed by atoms with van der Waals surface area (Å²) in [5, 5.41) is 3.18. The second kappa shape index (κ2) is 9.39. The Kier molecular flexibility index (Phi) is 6.67. The van der Waals surface area contributed by atoms with E-state index in [0.29, 0.717) is 12.2 Å². The number of carbonyl (C=O) groups is 1. The van der Waals surface area contributed by atoms with Gasteiger partial charge in [0.1, 0.15) is 5.75 Å². The molecule has 1 heterocycles. The van der Waals surface area contributed by atoms with Crippen LogP contribution in [0.3, 0.4) is 0 Å². The van der Waals surface area contributed by atoms with E-state index in [-0.39, 0.29) is 11.9 Å². The maximum atomic E-state index is 12.5. The zero-order valence-electron chi connectivity index (χ0n) is 15.5. The minimum Gasteiger partial charge on any atom is -0.494 e. The van der Waals surface area contributed by atoms with Crippen molar-refractivity contribution in [2.75, 3.05) is 19.7 Å². The van der Waals surface area contributed by atoms with Crippen molar-refractivity contribution in [3.63, 3.8) is 0 Å². The molecule has 1 amide bonds. The Bertz CT molecular complexity index is 694. The van der Waals surface area contributed by atoms with Gasteiger partial charge in [0.25, 0.3) is 5.91 Å². The molecule has 0 bridgehead atoms. The molecule has 2 aromatic rings. The second-order valence-electron chi connectivity index (χ2n) is 6.89. The van der Waals surface area contributed by atoms with E-state index in [1.54, 1.807) is 0 Å². The van der Waals surface area contributed by atoms with Gasteiger partial charge in [-0.1, -0.05) is 43.3 Å². The zero-order valence-corrected chi connectivity index (χ0v) is 15.5. The van der Waals surface area contributed by atoms with Crippen molar-refractivity contribution in [3.05, 3.63) is 65.7 Å². The van der Waals surface area contributed by atoms with Crippen molar-refractivity contribution >= 4 is 5.91 Å². The van der Waals surface area contributed by atoms with Crippen LogP contribution in [-0.4, -0.2) is 36.5 Å². The average Bonchev–Trinajstić information content (AvgIpc) is 2.69. The summed E-state index contributed by atoms with van der Waals surface area (Å²) in [6.07, 6.45) is 2.94. The molecule has 3 rings (SSSR count). The molecule has 2 aromatic carbocycles. The number of nitrogens with one attached hydrogen (secondary N) is 1. The molecule has 26 heavy (non-hydrogen) atoms. The van der Waals surface area contributed by atoms with Crippen LogP contribution in [0.25, 0.3) is 0 Å². The van der Waals surface area contributed by atoms with Crippen LogP contribution >= 0.6 is 0 Å². The maximum Gasteiger partial charge on any atom is 0.251 e. The third-order valence-corrected chi connectivity index (χ3v) is 4.74. The van der Waals surface area contributed by atoms with Crippen molar-refractivity contribution in [3.8, 4) is 5.75 Å². The molecule has 4 nitrogen and oxygen atoms in total. The van der Waals surface area contributed by atoms with E-state index >= 15 is 0 Å². The van der Waals surface area contributed by atoms with Gasteiger partial charge in [-0.05, 0) is 43.0 Å². The minimum atomic E-state index is -0.00606. The molecular formula is C22H28N2O2. The molecule has 0 radical (unpaired) electrons. The Morgan fingerprint density at radius 3 is 2.62 bits per heavy atom. The van der Waals surface area contributed by atoms with Gasteiger partial charge < -0.3 is 10.1 Å². The summed E-state index contributed by atoms with van der Waals surface area (Å²) in [4.78, 5) is 15.0. The van der Waals surface area contributed by atoms with Crippen LogP contribution < -0.4 is 10.1 Å². The highest BCUT2D eigenvalue weighted by molar-refractivity contribution is 5.94. The number of hydrogen-bond donors (Lipinski definition) is 1. The standard InChI is InChI=1S/C22H28N2O2/c1-2-15-26-21-10-6-9-19(16-21)22(25)23-20-11-13-24(14-12-20)17-18-7-4-3-5-8-18/h3-10,16,20H,2,11-15,17H2,1H3,(H,23,25). The number of carbonyl (C=O) groups excluding carboxylic acids is 1. The lowest BCUT2D eigenvalue weighted by atomic mass is 10.0. The zero-order chi connectivity index (χ0) is 18.2. The highest BCUT2D eigenvalue weighted by Gasteiger charge is 2.21. The van der Waals surface area contributed by atoms with Crippen molar-refractivity contribution in [2.24, 2.45) is 0 Å². The molecule has 0 aliphatic carbocycles. The fourth-order valence-corrected chi connectivity index (χ4v) is 3.29. The van der Waals surface area contributed by atoms with E-state index in [0.717, 1.165) is 44.6 Å². The highest BCUT2D eigenvalue weighted by atomic mass is 16.5. The first-order valence-corrected chi connectivity index (χ1v) is 9.54. The largest absolute Gasteiger partial charge is 0.494 e. The van der Waals surface area contributed by atoms with Crippen LogP contribution in [0.15, 0.2) is 54.6 Å². The molecule has 138 valence electrons. The summed E-state index contributed by atoms with van der Waals surface area (Å²) < 4.78 is 5.62. The van der Waals surface area contributed by atoms with E-state index in [1.165, 1.54) is 5.56 Å². The number of rotatable bonds is 7. The van der Waals surface area contributed by atoms with Crippen molar-refractivity contribution in [1.82, 2.24) is 10.2 Å². The van der Waals surface area contributed by atoms with E-state index in [9.17, 15) is 4.79 Å². The van der Waals surface area contributed by atoms with Gasteiger partial charge in [-0.25, -0.2) is 0 Å². The van der Waals surface area contributed by atoms with Crippen molar-refractivity contribution in [1.29, 1.82) is 0 Å². The molecule has 0 saturated carbocycles. The predicted octanol–water partition coefficient (Wildman–Crippen LogP) is 3.87. The molecule has 1 saturated heterocycles. The minimum absolute atomic E-state index is 0.00606. The van der Waals surface area contributed by atoms with Crippen LogP contribution in [0, 0.1) is 0 Å². The van der Waals surface area contributed by atoms with Crippen LogP contribution in [-0.2, 0) is 6.54 Å². The third-order valence-electron chi connectivity index (χ3n) is 4.74. The smallest absolute Gasteiger partial charge is 0.251 e. The first kappa shape index (κ1) is 18.5. The summed E-state index contributed by atoms with van der Waals surface area (Å²) in [6, 6.07) is 18.2. The number of likely N-dealkylation sites (tertiary alicyclic amines) is 1. The summed E-state index contributed by atoms with van der Waals surface area (Å²) in [7, 11) is 0. The summed E-state index contributed by atoms with van der Waals surface area (Å²) in [5.74, 6) is 0.755. The molecule has 1 aliphatic heterocycles. The molecule has 1 N–H and O–H groups in total. The topological polar surface area (TPSA) is 41.6 Å². The number of amides is 1. The lowest BCUT2D eigenvalue weighted by Crippen LogP contribution is -2.44.